The number of nitrogens with one attached hydrogen (secondary N) is 1. The molecule has 0 fully saturated rings. The summed E-state index contributed by atoms with van der Waals surface area (Å²) >= 11 is 11.7. The number of hydrogen-bond acceptors (Lipinski definition) is 1. The largest absolute Gasteiger partial charge is 0.379 e. The molecule has 0 atom stereocenters. The summed E-state index contributed by atoms with van der Waals surface area (Å²) < 4.78 is 13.5. The molecule has 1 nitrogen and oxygen atoms in total. The van der Waals surface area contributed by atoms with Gasteiger partial charge in [0.05, 0.1) is 15.7 Å². The predicted octanol–water partition coefficient (Wildman–Crippen LogP) is 5.05. The van der Waals surface area contributed by atoms with Crippen molar-refractivity contribution < 1.29 is 4.39 Å². The van der Waals surface area contributed by atoms with Crippen molar-refractivity contribution in [3.63, 3.8) is 0 Å². The van der Waals surface area contributed by atoms with Gasteiger partial charge in [-0.1, -0.05) is 35.3 Å². The van der Waals surface area contributed by atoms with Crippen LogP contribution in [0.4, 0.5) is 10.1 Å². The first-order valence-corrected chi connectivity index (χ1v) is 6.26. The third-order valence-electron chi connectivity index (χ3n) is 2.59. The van der Waals surface area contributed by atoms with Crippen LogP contribution in [0.1, 0.15) is 11.1 Å². The second kappa shape index (κ2) is 5.59. The number of benzene rings is 2. The Labute approximate surface area is 116 Å². The maximum atomic E-state index is 13.5. The average Bonchev–Trinajstić information content (AvgIpc) is 2.34. The second-order valence-electron chi connectivity index (χ2n) is 4.09. The van der Waals surface area contributed by atoms with E-state index >= 15 is 0 Å². The Kier molecular flexibility index (Phi) is 4.10. The zero-order chi connectivity index (χ0) is 13.1. The van der Waals surface area contributed by atoms with Gasteiger partial charge in [-0.15, -0.1) is 0 Å². The van der Waals surface area contributed by atoms with Crippen LogP contribution in [0.3, 0.4) is 0 Å². The third kappa shape index (κ3) is 3.15. The highest BCUT2D eigenvalue weighted by molar-refractivity contribution is 6.42. The molecular weight excluding hydrogens is 272 g/mol. The summed E-state index contributed by atoms with van der Waals surface area (Å²) in [6.07, 6.45) is 0. The zero-order valence-corrected chi connectivity index (χ0v) is 11.3. The predicted molar refractivity (Wildman–Crippen MR) is 74.9 cm³/mol. The first kappa shape index (κ1) is 13.2. The molecule has 0 aromatic heterocycles. The molecule has 2 rings (SSSR count). The van der Waals surface area contributed by atoms with Crippen molar-refractivity contribution in [1.82, 2.24) is 0 Å². The summed E-state index contributed by atoms with van der Waals surface area (Å²) in [4.78, 5) is 0. The molecule has 0 saturated heterocycles. The molecule has 0 spiro atoms. The van der Waals surface area contributed by atoms with E-state index in [0.717, 1.165) is 11.1 Å². The molecule has 0 heterocycles. The molecule has 0 unspecified atom stereocenters. The van der Waals surface area contributed by atoms with Crippen LogP contribution in [0.5, 0.6) is 0 Å². The van der Waals surface area contributed by atoms with Gasteiger partial charge in [0.1, 0.15) is 5.82 Å². The summed E-state index contributed by atoms with van der Waals surface area (Å²) in [5.41, 5.74) is 2.44. The van der Waals surface area contributed by atoms with E-state index in [9.17, 15) is 4.39 Å². The number of rotatable bonds is 3. The van der Waals surface area contributed by atoms with Gasteiger partial charge in [-0.2, -0.15) is 0 Å². The van der Waals surface area contributed by atoms with Crippen LogP contribution in [-0.2, 0) is 6.54 Å². The van der Waals surface area contributed by atoms with E-state index in [1.807, 2.05) is 13.0 Å². The first-order chi connectivity index (χ1) is 8.56. The minimum atomic E-state index is -0.263. The van der Waals surface area contributed by atoms with Crippen LogP contribution in [-0.4, -0.2) is 0 Å². The summed E-state index contributed by atoms with van der Waals surface area (Å²) in [7, 11) is 0. The van der Waals surface area contributed by atoms with Gasteiger partial charge in [-0.3, -0.25) is 0 Å². The van der Waals surface area contributed by atoms with Crippen LogP contribution in [0.2, 0.25) is 10.0 Å². The first-order valence-electron chi connectivity index (χ1n) is 5.50. The van der Waals surface area contributed by atoms with E-state index in [4.69, 9.17) is 23.2 Å². The normalized spacial score (nSPS) is 10.4. The minimum absolute atomic E-state index is 0.263. The van der Waals surface area contributed by atoms with E-state index in [0.29, 0.717) is 22.3 Å². The van der Waals surface area contributed by atoms with Crippen molar-refractivity contribution in [2.45, 2.75) is 13.5 Å². The smallest absolute Gasteiger partial charge is 0.146 e. The average molecular weight is 284 g/mol. The summed E-state index contributed by atoms with van der Waals surface area (Å²) in [6.45, 7) is 2.42. The summed E-state index contributed by atoms with van der Waals surface area (Å²) in [5, 5.41) is 4.06. The Morgan fingerprint density at radius 1 is 1.06 bits per heavy atom. The lowest BCUT2D eigenvalue weighted by Gasteiger charge is -2.09. The Morgan fingerprint density at radius 3 is 2.56 bits per heavy atom. The van der Waals surface area contributed by atoms with Crippen LogP contribution in [0, 0.1) is 12.7 Å². The Morgan fingerprint density at radius 2 is 1.83 bits per heavy atom. The molecule has 0 aliphatic carbocycles. The molecule has 94 valence electrons. The van der Waals surface area contributed by atoms with Crippen LogP contribution < -0.4 is 5.32 Å². The third-order valence-corrected chi connectivity index (χ3v) is 3.33. The van der Waals surface area contributed by atoms with Gasteiger partial charge in [0.15, 0.2) is 0 Å². The van der Waals surface area contributed by atoms with Gasteiger partial charge in [0, 0.05) is 6.54 Å². The lowest BCUT2D eigenvalue weighted by atomic mass is 10.2. The fourth-order valence-corrected chi connectivity index (χ4v) is 1.94. The van der Waals surface area contributed by atoms with Gasteiger partial charge in [0.2, 0.25) is 0 Å². The van der Waals surface area contributed by atoms with Crippen LogP contribution >= 0.6 is 23.2 Å². The number of hydrogen-bond donors (Lipinski definition) is 1. The molecular formula is C14H12Cl2FN. The zero-order valence-electron chi connectivity index (χ0n) is 9.81. The summed E-state index contributed by atoms with van der Waals surface area (Å²) in [6, 6.07) is 10.3. The highest BCUT2D eigenvalue weighted by Crippen LogP contribution is 2.23. The SMILES string of the molecule is Cc1ccc(F)c(NCc2ccc(Cl)c(Cl)c2)c1. The van der Waals surface area contributed by atoms with Crippen LogP contribution in [0.15, 0.2) is 36.4 Å². The highest BCUT2D eigenvalue weighted by atomic mass is 35.5. The molecule has 0 saturated carbocycles. The topological polar surface area (TPSA) is 12.0 Å². The Bertz CT molecular complexity index is 570. The molecule has 2 aromatic carbocycles. The van der Waals surface area contributed by atoms with Crippen molar-refractivity contribution in [1.29, 1.82) is 0 Å². The Hall–Kier alpha value is -1.25. The Balaban J connectivity index is 2.11. The van der Waals surface area contributed by atoms with Crippen molar-refractivity contribution in [2.24, 2.45) is 0 Å². The molecule has 0 bridgehead atoms. The van der Waals surface area contributed by atoms with Crippen molar-refractivity contribution in [3.8, 4) is 0 Å². The van der Waals surface area contributed by atoms with Gasteiger partial charge in [-0.05, 0) is 42.3 Å². The van der Waals surface area contributed by atoms with E-state index in [-0.39, 0.29) is 5.82 Å². The molecule has 1 N–H and O–H groups in total. The second-order valence-corrected chi connectivity index (χ2v) is 4.90. The van der Waals surface area contributed by atoms with Gasteiger partial charge < -0.3 is 5.32 Å². The van der Waals surface area contributed by atoms with Crippen molar-refractivity contribution in [3.05, 3.63) is 63.4 Å². The fraction of sp³-hybridized carbons (Fsp3) is 0.143. The molecule has 4 heteroatoms. The monoisotopic (exact) mass is 283 g/mol. The van der Waals surface area contributed by atoms with E-state index in [1.165, 1.54) is 6.07 Å². The van der Waals surface area contributed by atoms with E-state index < -0.39 is 0 Å². The molecule has 0 aliphatic heterocycles. The molecule has 18 heavy (non-hydrogen) atoms. The fourth-order valence-electron chi connectivity index (χ4n) is 1.62. The number of aryl methyl sites for hydroxylation is 1. The van der Waals surface area contributed by atoms with Gasteiger partial charge in [-0.25, -0.2) is 4.39 Å². The molecule has 0 radical (unpaired) electrons. The summed E-state index contributed by atoms with van der Waals surface area (Å²) in [5.74, 6) is -0.263. The maximum Gasteiger partial charge on any atom is 0.146 e. The molecule has 0 aliphatic rings. The van der Waals surface area contributed by atoms with Gasteiger partial charge >= 0.3 is 0 Å². The highest BCUT2D eigenvalue weighted by Gasteiger charge is 2.03. The van der Waals surface area contributed by atoms with Crippen molar-refractivity contribution >= 4 is 28.9 Å². The lowest BCUT2D eigenvalue weighted by molar-refractivity contribution is 0.629. The van der Waals surface area contributed by atoms with Gasteiger partial charge in [0.25, 0.3) is 0 Å². The van der Waals surface area contributed by atoms with E-state index in [2.05, 4.69) is 5.32 Å². The molecule has 0 amide bonds. The lowest BCUT2D eigenvalue weighted by Crippen LogP contribution is -2.01. The standard InChI is InChI=1S/C14H12Cl2FN/c1-9-2-5-13(17)14(6-9)18-8-10-3-4-11(15)12(16)7-10/h2-7,18H,8H2,1H3. The maximum absolute atomic E-state index is 13.5. The van der Waals surface area contributed by atoms with E-state index in [1.54, 1.807) is 24.3 Å². The van der Waals surface area contributed by atoms with Crippen LogP contribution in [0.25, 0.3) is 0 Å². The number of halogens is 3. The van der Waals surface area contributed by atoms with Crippen molar-refractivity contribution in [2.75, 3.05) is 5.32 Å². The molecule has 2 aromatic rings. The minimum Gasteiger partial charge on any atom is -0.379 e. The quantitative estimate of drug-likeness (QED) is 0.831. The number of anilines is 1.